The van der Waals surface area contributed by atoms with Gasteiger partial charge in [-0.3, -0.25) is 4.79 Å². The Hall–Kier alpha value is -3.25. The molecule has 29 heavy (non-hydrogen) atoms. The lowest BCUT2D eigenvalue weighted by atomic mass is 10.1. The third kappa shape index (κ3) is 3.71. The normalized spacial score (nSPS) is 10.9. The van der Waals surface area contributed by atoms with Gasteiger partial charge in [0.1, 0.15) is 17.3 Å². The number of rotatable bonds is 6. The van der Waals surface area contributed by atoms with Gasteiger partial charge >= 0.3 is 0 Å². The van der Waals surface area contributed by atoms with Crippen molar-refractivity contribution < 1.29 is 18.7 Å². The molecule has 5 nitrogen and oxygen atoms in total. The Morgan fingerprint density at radius 1 is 1.07 bits per heavy atom. The molecule has 4 aromatic rings. The highest BCUT2D eigenvalue weighted by atomic mass is 32.1. The number of fused-ring (bicyclic) bond motifs is 1. The van der Waals surface area contributed by atoms with E-state index in [4.69, 9.17) is 13.9 Å². The van der Waals surface area contributed by atoms with Crippen LogP contribution in [0.3, 0.4) is 0 Å². The summed E-state index contributed by atoms with van der Waals surface area (Å²) in [4.78, 5) is 13.9. The number of furan rings is 1. The van der Waals surface area contributed by atoms with Crippen LogP contribution in [0.15, 0.2) is 59.0 Å². The molecule has 4 rings (SSSR count). The molecule has 6 heteroatoms. The Bertz CT molecular complexity index is 1160. The molecule has 0 saturated heterocycles. The fourth-order valence-corrected chi connectivity index (χ4v) is 4.31. The van der Waals surface area contributed by atoms with Crippen molar-refractivity contribution in [3.8, 4) is 22.8 Å². The minimum atomic E-state index is -0.174. The number of hydrogen-bond donors (Lipinski definition) is 1. The summed E-state index contributed by atoms with van der Waals surface area (Å²) in [5.41, 5.74) is 3.03. The highest BCUT2D eigenvalue weighted by Crippen LogP contribution is 2.37. The second-order valence-corrected chi connectivity index (χ2v) is 7.82. The minimum Gasteiger partial charge on any atom is -0.497 e. The van der Waals surface area contributed by atoms with Gasteiger partial charge in [-0.15, -0.1) is 11.3 Å². The van der Waals surface area contributed by atoms with E-state index in [0.717, 1.165) is 26.5 Å². The van der Waals surface area contributed by atoms with E-state index in [0.29, 0.717) is 29.2 Å². The SMILES string of the molecule is COc1ccc(OC)c(CNC(=O)c2c(C)sc3cc(-c4ccccc4)oc23)c1. The molecule has 1 amide bonds. The molecule has 0 bridgehead atoms. The molecule has 0 fully saturated rings. The number of carbonyl (C=O) groups is 1. The van der Waals surface area contributed by atoms with Gasteiger partial charge in [0.25, 0.3) is 5.91 Å². The molecule has 0 radical (unpaired) electrons. The molecular formula is C23H21NO4S. The van der Waals surface area contributed by atoms with E-state index in [9.17, 15) is 4.79 Å². The standard InChI is InChI=1S/C23H21NO4S/c1-14-21(22-20(29-14)12-19(28-22)15-7-5-4-6-8-15)23(25)24-13-16-11-17(26-2)9-10-18(16)27-3/h4-12H,13H2,1-3H3,(H,24,25). The van der Waals surface area contributed by atoms with Crippen molar-refractivity contribution in [1.29, 1.82) is 0 Å². The van der Waals surface area contributed by atoms with Crippen LogP contribution in [0.1, 0.15) is 20.8 Å². The Labute approximate surface area is 172 Å². The molecule has 1 N–H and O–H groups in total. The summed E-state index contributed by atoms with van der Waals surface area (Å²) in [6, 6.07) is 17.4. The summed E-state index contributed by atoms with van der Waals surface area (Å²) >= 11 is 1.56. The van der Waals surface area contributed by atoms with Crippen molar-refractivity contribution in [3.05, 3.63) is 70.6 Å². The fourth-order valence-electron chi connectivity index (χ4n) is 3.29. The Morgan fingerprint density at radius 2 is 1.86 bits per heavy atom. The first-order valence-corrected chi connectivity index (χ1v) is 10.00. The lowest BCUT2D eigenvalue weighted by Gasteiger charge is -2.11. The van der Waals surface area contributed by atoms with Gasteiger partial charge in [-0.05, 0) is 25.1 Å². The van der Waals surface area contributed by atoms with E-state index in [1.54, 1.807) is 25.6 Å². The number of hydrogen-bond acceptors (Lipinski definition) is 5. The number of amides is 1. The first-order valence-electron chi connectivity index (χ1n) is 9.18. The highest BCUT2D eigenvalue weighted by molar-refractivity contribution is 7.19. The molecule has 0 aliphatic rings. The maximum absolute atomic E-state index is 13.0. The third-order valence-electron chi connectivity index (χ3n) is 4.75. The van der Waals surface area contributed by atoms with E-state index in [-0.39, 0.29) is 5.91 Å². The number of ether oxygens (including phenoxy) is 2. The summed E-state index contributed by atoms with van der Waals surface area (Å²) in [5, 5.41) is 2.98. The Kier molecular flexibility index (Phi) is 5.27. The average molecular weight is 407 g/mol. The lowest BCUT2D eigenvalue weighted by Crippen LogP contribution is -2.23. The number of carbonyl (C=O) groups excluding carboxylic acids is 1. The average Bonchev–Trinajstić information content (AvgIpc) is 3.29. The van der Waals surface area contributed by atoms with Crippen LogP contribution in [-0.2, 0) is 6.54 Å². The molecule has 0 aliphatic carbocycles. The van der Waals surface area contributed by atoms with Gasteiger partial charge < -0.3 is 19.2 Å². The fraction of sp³-hybridized carbons (Fsp3) is 0.174. The van der Waals surface area contributed by atoms with Crippen LogP contribution in [0.5, 0.6) is 11.5 Å². The number of nitrogens with one attached hydrogen (secondary N) is 1. The molecule has 0 atom stereocenters. The second-order valence-electron chi connectivity index (χ2n) is 6.56. The zero-order valence-corrected chi connectivity index (χ0v) is 17.3. The van der Waals surface area contributed by atoms with Gasteiger partial charge in [0.2, 0.25) is 0 Å². The lowest BCUT2D eigenvalue weighted by molar-refractivity contribution is 0.0951. The van der Waals surface area contributed by atoms with Crippen molar-refractivity contribution in [1.82, 2.24) is 5.32 Å². The van der Waals surface area contributed by atoms with Gasteiger partial charge in [0, 0.05) is 28.6 Å². The first kappa shape index (κ1) is 19.1. The van der Waals surface area contributed by atoms with Gasteiger partial charge in [0.05, 0.1) is 24.5 Å². The minimum absolute atomic E-state index is 0.174. The van der Waals surface area contributed by atoms with Crippen LogP contribution < -0.4 is 14.8 Å². The zero-order chi connectivity index (χ0) is 20.4. The van der Waals surface area contributed by atoms with Crippen LogP contribution >= 0.6 is 11.3 Å². The van der Waals surface area contributed by atoms with Gasteiger partial charge in [-0.1, -0.05) is 30.3 Å². The number of thiophene rings is 1. The maximum Gasteiger partial charge on any atom is 0.256 e. The predicted octanol–water partition coefficient (Wildman–Crippen LogP) is 5.42. The van der Waals surface area contributed by atoms with Gasteiger partial charge in [-0.2, -0.15) is 0 Å². The summed E-state index contributed by atoms with van der Waals surface area (Å²) in [6.45, 7) is 2.26. The van der Waals surface area contributed by atoms with Crippen molar-refractivity contribution in [2.24, 2.45) is 0 Å². The third-order valence-corrected chi connectivity index (χ3v) is 5.79. The summed E-state index contributed by atoms with van der Waals surface area (Å²) in [5.74, 6) is 1.99. The molecule has 0 spiro atoms. The monoisotopic (exact) mass is 407 g/mol. The smallest absolute Gasteiger partial charge is 0.256 e. The van der Waals surface area contributed by atoms with Crippen LogP contribution in [0.25, 0.3) is 21.6 Å². The highest BCUT2D eigenvalue weighted by Gasteiger charge is 2.21. The molecular weight excluding hydrogens is 386 g/mol. The van der Waals surface area contributed by atoms with Crippen molar-refractivity contribution in [2.75, 3.05) is 14.2 Å². The van der Waals surface area contributed by atoms with Crippen molar-refractivity contribution in [2.45, 2.75) is 13.5 Å². The number of aryl methyl sites for hydroxylation is 1. The summed E-state index contributed by atoms with van der Waals surface area (Å²) in [7, 11) is 3.21. The molecule has 2 aromatic heterocycles. The molecule has 2 heterocycles. The van der Waals surface area contributed by atoms with Crippen LogP contribution in [0.2, 0.25) is 0 Å². The predicted molar refractivity (Wildman–Crippen MR) is 115 cm³/mol. The second kappa shape index (κ2) is 8.01. The summed E-state index contributed by atoms with van der Waals surface area (Å²) in [6.07, 6.45) is 0. The van der Waals surface area contributed by atoms with Crippen LogP contribution in [0.4, 0.5) is 0 Å². The molecule has 0 unspecified atom stereocenters. The Morgan fingerprint density at radius 3 is 2.59 bits per heavy atom. The van der Waals surface area contributed by atoms with Crippen molar-refractivity contribution >= 4 is 27.5 Å². The van der Waals surface area contributed by atoms with Crippen LogP contribution in [-0.4, -0.2) is 20.1 Å². The first-order chi connectivity index (χ1) is 14.1. The molecule has 148 valence electrons. The summed E-state index contributed by atoms with van der Waals surface area (Å²) < 4.78 is 17.7. The van der Waals surface area contributed by atoms with Gasteiger partial charge in [-0.25, -0.2) is 0 Å². The quantitative estimate of drug-likeness (QED) is 0.464. The Balaban J connectivity index is 1.60. The van der Waals surface area contributed by atoms with E-state index >= 15 is 0 Å². The molecule has 2 aromatic carbocycles. The van der Waals surface area contributed by atoms with E-state index in [2.05, 4.69) is 5.32 Å². The topological polar surface area (TPSA) is 60.7 Å². The maximum atomic E-state index is 13.0. The molecule has 0 saturated carbocycles. The van der Waals surface area contributed by atoms with E-state index < -0.39 is 0 Å². The van der Waals surface area contributed by atoms with E-state index in [1.807, 2.05) is 61.5 Å². The van der Waals surface area contributed by atoms with Crippen LogP contribution in [0, 0.1) is 6.92 Å². The largest absolute Gasteiger partial charge is 0.497 e. The van der Waals surface area contributed by atoms with Crippen molar-refractivity contribution in [3.63, 3.8) is 0 Å². The van der Waals surface area contributed by atoms with E-state index in [1.165, 1.54) is 0 Å². The zero-order valence-electron chi connectivity index (χ0n) is 16.4. The van der Waals surface area contributed by atoms with Gasteiger partial charge in [0.15, 0.2) is 5.58 Å². The number of methoxy groups -OCH3 is 2. The molecule has 0 aliphatic heterocycles. The number of benzene rings is 2.